The summed E-state index contributed by atoms with van der Waals surface area (Å²) in [6, 6.07) is 17.5. The molecule has 1 atom stereocenters. The molecule has 3 aromatic rings. The van der Waals surface area contributed by atoms with E-state index in [1.165, 1.54) is 11.9 Å². The molecule has 132 valence electrons. The number of tetrazole rings is 1. The maximum atomic E-state index is 13.0. The molecule has 1 aliphatic rings. The third-order valence-electron chi connectivity index (χ3n) is 4.53. The first-order valence-corrected chi connectivity index (χ1v) is 8.57. The van der Waals surface area contributed by atoms with Gasteiger partial charge in [-0.3, -0.25) is 4.79 Å². The summed E-state index contributed by atoms with van der Waals surface area (Å²) in [6.45, 7) is 1.73. The quantitative estimate of drug-likeness (QED) is 0.717. The van der Waals surface area contributed by atoms with Gasteiger partial charge in [-0.05, 0) is 46.7 Å². The second-order valence-electron chi connectivity index (χ2n) is 6.22. The molecule has 0 spiro atoms. The molecule has 26 heavy (non-hydrogen) atoms. The summed E-state index contributed by atoms with van der Waals surface area (Å²) in [7, 11) is 0. The summed E-state index contributed by atoms with van der Waals surface area (Å²) >= 11 is 0. The molecule has 0 N–H and O–H groups in total. The van der Waals surface area contributed by atoms with Gasteiger partial charge in [-0.2, -0.15) is 0 Å². The summed E-state index contributed by atoms with van der Waals surface area (Å²) in [5.41, 5.74) is 2.67. The average molecular weight is 349 g/mol. The third kappa shape index (κ3) is 3.48. The van der Waals surface area contributed by atoms with Crippen molar-refractivity contribution in [1.29, 1.82) is 0 Å². The van der Waals surface area contributed by atoms with Gasteiger partial charge in [-0.25, -0.2) is 4.68 Å². The predicted octanol–water partition coefficient (Wildman–Crippen LogP) is 1.75. The zero-order valence-corrected chi connectivity index (χ0v) is 14.2. The van der Waals surface area contributed by atoms with Crippen molar-refractivity contribution < 1.29 is 9.53 Å². The Morgan fingerprint density at radius 1 is 1.12 bits per heavy atom. The third-order valence-corrected chi connectivity index (χ3v) is 4.53. The van der Waals surface area contributed by atoms with Gasteiger partial charge in [-0.1, -0.05) is 30.3 Å². The molecule has 4 rings (SSSR count). The van der Waals surface area contributed by atoms with Crippen LogP contribution < -0.4 is 0 Å². The van der Waals surface area contributed by atoms with Gasteiger partial charge in [-0.15, -0.1) is 5.10 Å². The molecule has 1 aliphatic heterocycles. The lowest BCUT2D eigenvalue weighted by Crippen LogP contribution is -2.49. The number of carbonyl (C=O) groups is 1. The molecule has 1 amide bonds. The summed E-state index contributed by atoms with van der Waals surface area (Å²) in [5.74, 6) is 0.0255. The first-order valence-electron chi connectivity index (χ1n) is 8.57. The van der Waals surface area contributed by atoms with Crippen LogP contribution in [0.15, 0.2) is 60.9 Å². The minimum absolute atomic E-state index is 0.0255. The number of nitrogens with zero attached hydrogens (tertiary/aromatic N) is 5. The molecule has 0 aliphatic carbocycles. The molecule has 1 fully saturated rings. The Morgan fingerprint density at radius 2 is 1.92 bits per heavy atom. The van der Waals surface area contributed by atoms with E-state index in [-0.39, 0.29) is 11.9 Å². The van der Waals surface area contributed by atoms with Crippen molar-refractivity contribution in [3.8, 4) is 5.69 Å². The molecule has 7 heteroatoms. The number of aromatic nitrogens is 4. The van der Waals surface area contributed by atoms with Crippen LogP contribution in [0.1, 0.15) is 15.9 Å². The van der Waals surface area contributed by atoms with E-state index in [1.807, 2.05) is 47.4 Å². The van der Waals surface area contributed by atoms with Crippen LogP contribution in [-0.2, 0) is 11.2 Å². The first kappa shape index (κ1) is 16.4. The Bertz CT molecular complexity index is 849. The Morgan fingerprint density at radius 3 is 2.65 bits per heavy atom. The zero-order chi connectivity index (χ0) is 17.8. The van der Waals surface area contributed by atoms with E-state index in [4.69, 9.17) is 4.74 Å². The SMILES string of the molecule is O=C(c1ccc(-n2cnnn2)cc1)N1CCOCC1Cc1ccccc1. The van der Waals surface area contributed by atoms with Crippen LogP contribution in [-0.4, -0.2) is 56.8 Å². The van der Waals surface area contributed by atoms with Gasteiger partial charge in [0.25, 0.3) is 5.91 Å². The lowest BCUT2D eigenvalue weighted by atomic mass is 10.0. The molecule has 0 radical (unpaired) electrons. The molecule has 2 aromatic carbocycles. The van der Waals surface area contributed by atoms with Gasteiger partial charge in [0.2, 0.25) is 0 Å². The highest BCUT2D eigenvalue weighted by Crippen LogP contribution is 2.17. The Kier molecular flexibility index (Phi) is 4.70. The highest BCUT2D eigenvalue weighted by atomic mass is 16.5. The smallest absolute Gasteiger partial charge is 0.254 e. The van der Waals surface area contributed by atoms with Crippen molar-refractivity contribution in [3.63, 3.8) is 0 Å². The number of amides is 1. The molecule has 7 nitrogen and oxygen atoms in total. The van der Waals surface area contributed by atoms with E-state index >= 15 is 0 Å². The molecule has 0 saturated carbocycles. The maximum absolute atomic E-state index is 13.0. The summed E-state index contributed by atoms with van der Waals surface area (Å²) < 4.78 is 7.18. The van der Waals surface area contributed by atoms with Crippen LogP contribution in [0.2, 0.25) is 0 Å². The number of benzene rings is 2. The second-order valence-corrected chi connectivity index (χ2v) is 6.22. The number of hydrogen-bond acceptors (Lipinski definition) is 5. The van der Waals surface area contributed by atoms with Crippen LogP contribution >= 0.6 is 0 Å². The van der Waals surface area contributed by atoms with Crippen molar-refractivity contribution in [1.82, 2.24) is 25.1 Å². The molecular formula is C19H19N5O2. The predicted molar refractivity (Wildman–Crippen MR) is 94.9 cm³/mol. The Balaban J connectivity index is 1.51. The monoisotopic (exact) mass is 349 g/mol. The molecule has 0 bridgehead atoms. The molecule has 2 heterocycles. The van der Waals surface area contributed by atoms with Crippen molar-refractivity contribution in [3.05, 3.63) is 72.1 Å². The first-order chi connectivity index (χ1) is 12.8. The highest BCUT2D eigenvalue weighted by Gasteiger charge is 2.28. The standard InChI is InChI=1S/C19H19N5O2/c25-19(16-6-8-17(9-7-16)24-14-20-21-22-24)23-10-11-26-13-18(23)12-15-4-2-1-3-5-15/h1-9,14,18H,10-13H2. The van der Waals surface area contributed by atoms with E-state index < -0.39 is 0 Å². The van der Waals surface area contributed by atoms with E-state index in [1.54, 1.807) is 4.68 Å². The number of morpholine rings is 1. The largest absolute Gasteiger partial charge is 0.377 e. The van der Waals surface area contributed by atoms with Crippen LogP contribution in [0, 0.1) is 0 Å². The fourth-order valence-electron chi connectivity index (χ4n) is 3.18. The van der Waals surface area contributed by atoms with Gasteiger partial charge in [0.05, 0.1) is 24.9 Å². The average Bonchev–Trinajstić information content (AvgIpc) is 3.24. The fraction of sp³-hybridized carbons (Fsp3) is 0.263. The Hall–Kier alpha value is -3.06. The van der Waals surface area contributed by atoms with E-state index in [0.717, 1.165) is 12.1 Å². The van der Waals surface area contributed by atoms with Gasteiger partial charge >= 0.3 is 0 Å². The molecule has 1 saturated heterocycles. The summed E-state index contributed by atoms with van der Waals surface area (Å²) in [4.78, 5) is 14.9. The molecular weight excluding hydrogens is 330 g/mol. The Labute approximate surface area is 151 Å². The van der Waals surface area contributed by atoms with Gasteiger partial charge in [0.1, 0.15) is 6.33 Å². The van der Waals surface area contributed by atoms with Crippen LogP contribution in [0.5, 0.6) is 0 Å². The van der Waals surface area contributed by atoms with Gasteiger partial charge in [0, 0.05) is 12.1 Å². The maximum Gasteiger partial charge on any atom is 0.254 e. The van der Waals surface area contributed by atoms with Crippen molar-refractivity contribution in [2.24, 2.45) is 0 Å². The lowest BCUT2D eigenvalue weighted by Gasteiger charge is -2.36. The zero-order valence-electron chi connectivity index (χ0n) is 14.2. The second kappa shape index (κ2) is 7.45. The topological polar surface area (TPSA) is 73.1 Å². The highest BCUT2D eigenvalue weighted by molar-refractivity contribution is 5.94. The normalized spacial score (nSPS) is 17.2. The number of ether oxygens (including phenoxy) is 1. The minimum atomic E-state index is 0.0255. The van der Waals surface area contributed by atoms with Crippen molar-refractivity contribution >= 4 is 5.91 Å². The van der Waals surface area contributed by atoms with E-state index in [0.29, 0.717) is 25.3 Å². The summed E-state index contributed by atoms with van der Waals surface area (Å²) in [6.07, 6.45) is 2.31. The van der Waals surface area contributed by atoms with Crippen molar-refractivity contribution in [2.75, 3.05) is 19.8 Å². The van der Waals surface area contributed by atoms with Crippen LogP contribution in [0.4, 0.5) is 0 Å². The number of rotatable bonds is 4. The number of hydrogen-bond donors (Lipinski definition) is 0. The minimum Gasteiger partial charge on any atom is -0.377 e. The van der Waals surface area contributed by atoms with Crippen LogP contribution in [0.3, 0.4) is 0 Å². The van der Waals surface area contributed by atoms with Gasteiger partial charge < -0.3 is 9.64 Å². The van der Waals surface area contributed by atoms with E-state index in [9.17, 15) is 4.79 Å². The van der Waals surface area contributed by atoms with Crippen LogP contribution in [0.25, 0.3) is 5.69 Å². The summed E-state index contributed by atoms with van der Waals surface area (Å²) in [5, 5.41) is 11.1. The van der Waals surface area contributed by atoms with Gasteiger partial charge in [0.15, 0.2) is 0 Å². The number of carbonyl (C=O) groups excluding carboxylic acids is 1. The molecule has 1 aromatic heterocycles. The lowest BCUT2D eigenvalue weighted by molar-refractivity contribution is -0.00163. The fourth-order valence-corrected chi connectivity index (χ4v) is 3.18. The van der Waals surface area contributed by atoms with E-state index in [2.05, 4.69) is 27.7 Å². The molecule has 1 unspecified atom stereocenters. The van der Waals surface area contributed by atoms with Crippen molar-refractivity contribution in [2.45, 2.75) is 12.5 Å².